The second-order valence-electron chi connectivity index (χ2n) is 11.9. The predicted molar refractivity (Wildman–Crippen MR) is 134 cm³/mol. The van der Waals surface area contributed by atoms with Gasteiger partial charge in [-0.05, 0) is 82.4 Å². The van der Waals surface area contributed by atoms with Gasteiger partial charge in [-0.2, -0.15) is 0 Å². The zero-order chi connectivity index (χ0) is 25.3. The smallest absolute Gasteiger partial charge is 0.419 e. The molecular formula is C27H34ClN3O4. The average molecular weight is 500 g/mol. The number of nitrogens with zero attached hydrogens (tertiary/aromatic N) is 2. The first-order valence-corrected chi connectivity index (χ1v) is 12.9. The van der Waals surface area contributed by atoms with E-state index in [0.717, 1.165) is 30.2 Å². The van der Waals surface area contributed by atoms with Crippen LogP contribution in [0.25, 0.3) is 10.9 Å². The minimum atomic E-state index is -0.636. The molecule has 2 amide bonds. The van der Waals surface area contributed by atoms with Crippen LogP contribution < -0.4 is 5.73 Å². The van der Waals surface area contributed by atoms with Crippen LogP contribution in [-0.4, -0.2) is 45.1 Å². The molecule has 4 bridgehead atoms. The second kappa shape index (κ2) is 8.26. The number of benzene rings is 1. The molecule has 2 saturated heterocycles. The molecule has 4 fully saturated rings. The summed E-state index contributed by atoms with van der Waals surface area (Å²) in [5.74, 6) is 0.209. The highest BCUT2D eigenvalue weighted by molar-refractivity contribution is 6.36. The molecule has 1 aromatic carbocycles. The van der Waals surface area contributed by atoms with Gasteiger partial charge in [0.25, 0.3) is 0 Å². The maximum Gasteiger partial charge on any atom is 0.419 e. The first kappa shape index (κ1) is 24.2. The quantitative estimate of drug-likeness (QED) is 0.624. The van der Waals surface area contributed by atoms with Crippen molar-refractivity contribution in [1.29, 1.82) is 0 Å². The largest absolute Gasteiger partial charge is 0.443 e. The number of carbonyl (C=O) groups excluding carboxylic acids is 3. The van der Waals surface area contributed by atoms with Crippen LogP contribution in [0.15, 0.2) is 24.4 Å². The van der Waals surface area contributed by atoms with Gasteiger partial charge in [0.1, 0.15) is 5.60 Å². The number of fused-ring (bicyclic) bond motifs is 1. The molecule has 6 rings (SSSR count). The summed E-state index contributed by atoms with van der Waals surface area (Å²) >= 11 is 6.58. The fourth-order valence-corrected chi connectivity index (χ4v) is 7.20. The van der Waals surface area contributed by atoms with E-state index in [4.69, 9.17) is 22.1 Å². The van der Waals surface area contributed by atoms with Gasteiger partial charge >= 0.3 is 6.09 Å². The topological polar surface area (TPSA) is 94.6 Å². The number of carbonyl (C=O) groups is 3. The van der Waals surface area contributed by atoms with E-state index in [1.54, 1.807) is 18.3 Å². The Morgan fingerprint density at radius 1 is 1.17 bits per heavy atom. The average Bonchev–Trinajstić information content (AvgIpc) is 3.13. The van der Waals surface area contributed by atoms with Crippen molar-refractivity contribution in [2.24, 2.45) is 17.1 Å². The van der Waals surface area contributed by atoms with Crippen LogP contribution in [0.1, 0.15) is 77.7 Å². The number of piperidine rings is 2. The summed E-state index contributed by atoms with van der Waals surface area (Å²) in [5, 5.41) is 1.31. The Morgan fingerprint density at radius 3 is 2.43 bits per heavy atom. The van der Waals surface area contributed by atoms with Crippen molar-refractivity contribution in [2.75, 3.05) is 0 Å². The second-order valence-corrected chi connectivity index (χ2v) is 12.3. The van der Waals surface area contributed by atoms with E-state index in [-0.39, 0.29) is 29.8 Å². The lowest BCUT2D eigenvalue weighted by atomic mass is 9.55. The Bertz CT molecular complexity index is 1200. The van der Waals surface area contributed by atoms with E-state index in [9.17, 15) is 14.4 Å². The summed E-state index contributed by atoms with van der Waals surface area (Å²) in [7, 11) is 0. The Balaban J connectivity index is 1.41. The minimum absolute atomic E-state index is 0.0835. The number of halogens is 1. The highest BCUT2D eigenvalue weighted by atomic mass is 35.5. The molecule has 0 radical (unpaired) electrons. The van der Waals surface area contributed by atoms with Gasteiger partial charge in [0.2, 0.25) is 11.8 Å². The van der Waals surface area contributed by atoms with Gasteiger partial charge in [0.05, 0.1) is 16.0 Å². The summed E-state index contributed by atoms with van der Waals surface area (Å²) in [6.45, 7) is 7.48. The summed E-state index contributed by atoms with van der Waals surface area (Å²) < 4.78 is 7.09. The molecule has 2 aromatic rings. The van der Waals surface area contributed by atoms with Gasteiger partial charge in [0.15, 0.2) is 0 Å². The number of aromatic nitrogens is 1. The summed E-state index contributed by atoms with van der Waals surface area (Å²) in [6, 6.07) is 5.61. The Kier molecular flexibility index (Phi) is 5.70. The lowest BCUT2D eigenvalue weighted by molar-refractivity contribution is -0.166. The minimum Gasteiger partial charge on any atom is -0.443 e. The van der Waals surface area contributed by atoms with Gasteiger partial charge in [-0.3, -0.25) is 14.2 Å². The van der Waals surface area contributed by atoms with Crippen LogP contribution in [0.5, 0.6) is 0 Å². The van der Waals surface area contributed by atoms with Crippen molar-refractivity contribution in [3.8, 4) is 0 Å². The molecule has 3 heterocycles. The van der Waals surface area contributed by atoms with Crippen LogP contribution in [-0.2, 0) is 14.3 Å². The molecule has 35 heavy (non-hydrogen) atoms. The molecule has 2 aliphatic heterocycles. The van der Waals surface area contributed by atoms with Crippen molar-refractivity contribution in [3.63, 3.8) is 0 Å². The maximum atomic E-state index is 13.6. The highest BCUT2D eigenvalue weighted by Gasteiger charge is 2.58. The maximum absolute atomic E-state index is 13.6. The third kappa shape index (κ3) is 4.11. The van der Waals surface area contributed by atoms with E-state index in [2.05, 4.69) is 0 Å². The normalized spacial score (nSPS) is 28.4. The Hall–Kier alpha value is -2.54. The molecular weight excluding hydrogens is 466 g/mol. The zero-order valence-corrected chi connectivity index (χ0v) is 21.6. The number of amides is 2. The van der Waals surface area contributed by atoms with E-state index in [0.29, 0.717) is 35.7 Å². The summed E-state index contributed by atoms with van der Waals surface area (Å²) in [6.07, 6.45) is 5.73. The van der Waals surface area contributed by atoms with Gasteiger partial charge in [0, 0.05) is 30.1 Å². The molecule has 7 nitrogen and oxygen atoms in total. The van der Waals surface area contributed by atoms with Gasteiger partial charge in [-0.25, -0.2) is 4.79 Å². The van der Waals surface area contributed by atoms with E-state index < -0.39 is 17.1 Å². The van der Waals surface area contributed by atoms with Crippen LogP contribution in [0, 0.1) is 11.3 Å². The first-order valence-electron chi connectivity index (χ1n) is 12.5. The fraction of sp³-hybridized carbons (Fsp3) is 0.593. The highest BCUT2D eigenvalue weighted by Crippen LogP contribution is 2.56. The van der Waals surface area contributed by atoms with Crippen molar-refractivity contribution in [3.05, 3.63) is 35.0 Å². The molecule has 0 spiro atoms. The predicted octanol–water partition coefficient (Wildman–Crippen LogP) is 5.22. The van der Waals surface area contributed by atoms with Crippen LogP contribution in [0.4, 0.5) is 4.79 Å². The van der Waals surface area contributed by atoms with Crippen LogP contribution in [0.3, 0.4) is 0 Å². The van der Waals surface area contributed by atoms with Crippen molar-refractivity contribution < 1.29 is 19.1 Å². The molecule has 2 saturated carbocycles. The molecule has 4 unspecified atom stereocenters. The van der Waals surface area contributed by atoms with Crippen molar-refractivity contribution in [2.45, 2.75) is 89.8 Å². The lowest BCUT2D eigenvalue weighted by Crippen LogP contribution is -2.65. The third-order valence-electron chi connectivity index (χ3n) is 8.15. The Morgan fingerprint density at radius 2 is 1.83 bits per heavy atom. The van der Waals surface area contributed by atoms with Crippen molar-refractivity contribution >= 4 is 40.4 Å². The van der Waals surface area contributed by atoms with Crippen LogP contribution in [0.2, 0.25) is 5.02 Å². The molecule has 8 heteroatoms. The first-order chi connectivity index (χ1) is 16.4. The number of hydrogen-bond donors (Lipinski definition) is 1. The SMILES string of the molecule is CC(CC(=O)N1C2CC3C[C@H]1CC(C(N)=O)(C3)C2)c1cn(C(=O)OC(C)(C)C)c2cccc(Cl)c12. The van der Waals surface area contributed by atoms with E-state index in [1.807, 2.05) is 38.7 Å². The summed E-state index contributed by atoms with van der Waals surface area (Å²) in [5.41, 5.74) is 6.25. The van der Waals surface area contributed by atoms with Crippen LogP contribution >= 0.6 is 11.6 Å². The van der Waals surface area contributed by atoms with E-state index >= 15 is 0 Å². The van der Waals surface area contributed by atoms with Crippen molar-refractivity contribution in [1.82, 2.24) is 9.47 Å². The molecule has 5 atom stereocenters. The standard InChI is InChI=1S/C27H34ClN3O4/c1-15(8-22(32)31-17-9-16-10-18(31)13-27(11-16,12-17)24(29)33)19-14-30(25(34)35-26(2,3)4)21-7-5-6-20(28)23(19)21/h5-7,14-18H,8-13H2,1-4H3,(H2,29,33)/t15?,16?,17-,18?,27?/m0/s1. The zero-order valence-electron chi connectivity index (χ0n) is 20.8. The monoisotopic (exact) mass is 499 g/mol. The van der Waals surface area contributed by atoms with Gasteiger partial charge < -0.3 is 15.4 Å². The Labute approximate surface area is 210 Å². The third-order valence-corrected chi connectivity index (χ3v) is 8.47. The number of primary amides is 1. The molecule has 4 aliphatic rings. The number of ether oxygens (including phenoxy) is 1. The number of hydrogen-bond acceptors (Lipinski definition) is 4. The fourth-order valence-electron chi connectivity index (χ4n) is 6.92. The van der Waals surface area contributed by atoms with E-state index in [1.165, 1.54) is 4.57 Å². The lowest BCUT2D eigenvalue weighted by Gasteiger charge is -2.60. The number of rotatable bonds is 4. The molecule has 188 valence electrons. The molecule has 1 aromatic heterocycles. The van der Waals surface area contributed by atoms with Gasteiger partial charge in [-0.1, -0.05) is 24.6 Å². The summed E-state index contributed by atoms with van der Waals surface area (Å²) in [4.78, 5) is 40.8. The molecule has 2 N–H and O–H groups in total. The van der Waals surface area contributed by atoms with Gasteiger partial charge in [-0.15, -0.1) is 0 Å². The number of nitrogens with two attached hydrogens (primary N) is 1. The molecule has 2 aliphatic carbocycles.